The molecule has 5 nitrogen and oxygen atoms in total. The molecule has 134 valence electrons. The van der Waals surface area contributed by atoms with Crippen LogP contribution < -0.4 is 10.6 Å². The van der Waals surface area contributed by atoms with Crippen LogP contribution in [0.3, 0.4) is 0 Å². The van der Waals surface area contributed by atoms with Crippen molar-refractivity contribution in [3.05, 3.63) is 0 Å². The van der Waals surface area contributed by atoms with E-state index in [1.54, 1.807) is 7.05 Å². The van der Waals surface area contributed by atoms with Crippen molar-refractivity contribution in [1.29, 1.82) is 0 Å². The van der Waals surface area contributed by atoms with Crippen LogP contribution in [0.15, 0.2) is 4.99 Å². The minimum Gasteiger partial charge on any atom is -0.378 e. The van der Waals surface area contributed by atoms with Crippen molar-refractivity contribution in [2.45, 2.75) is 52.7 Å². The van der Waals surface area contributed by atoms with E-state index in [9.17, 15) is 0 Å². The summed E-state index contributed by atoms with van der Waals surface area (Å²) in [7, 11) is 5.99. The highest BCUT2D eigenvalue weighted by Crippen LogP contribution is 2.10. The lowest BCUT2D eigenvalue weighted by atomic mass is 10.0. The zero-order chi connectivity index (χ0) is 16.5. The number of hydrogen-bond donors (Lipinski definition) is 2. The van der Waals surface area contributed by atoms with Crippen molar-refractivity contribution in [1.82, 2.24) is 15.5 Å². The van der Waals surface area contributed by atoms with Crippen LogP contribution >= 0.6 is 24.0 Å². The lowest BCUT2D eigenvalue weighted by Gasteiger charge is -2.33. The zero-order valence-corrected chi connectivity index (χ0v) is 18.0. The van der Waals surface area contributed by atoms with Gasteiger partial charge in [-0.15, -0.1) is 24.0 Å². The molecule has 0 aliphatic carbocycles. The molecule has 0 saturated heterocycles. The highest BCUT2D eigenvalue weighted by Gasteiger charge is 2.20. The van der Waals surface area contributed by atoms with Gasteiger partial charge in [-0.3, -0.25) is 4.99 Å². The van der Waals surface area contributed by atoms with E-state index < -0.39 is 0 Å². The maximum absolute atomic E-state index is 5.76. The van der Waals surface area contributed by atoms with Crippen LogP contribution in [0, 0.1) is 5.92 Å². The smallest absolute Gasteiger partial charge is 0.191 e. The van der Waals surface area contributed by atoms with Crippen LogP contribution in [0.4, 0.5) is 0 Å². The van der Waals surface area contributed by atoms with Gasteiger partial charge in [0.05, 0.1) is 6.10 Å². The molecule has 2 N–H and O–H groups in total. The fourth-order valence-electron chi connectivity index (χ4n) is 1.83. The Balaban J connectivity index is 0. The maximum Gasteiger partial charge on any atom is 0.191 e. The van der Waals surface area contributed by atoms with E-state index in [-0.39, 0.29) is 29.5 Å². The van der Waals surface area contributed by atoms with Gasteiger partial charge in [0.2, 0.25) is 0 Å². The standard InChI is InChI=1S/C16H36N4O.HI/c1-9-21-14(13(2)3)10-11-18-15(17-6)19-12-16(4,5)20(7)8;/h13-14H,9-12H2,1-8H3,(H2,17,18,19);1H. The van der Waals surface area contributed by atoms with Gasteiger partial charge in [0.1, 0.15) is 0 Å². The third kappa shape index (κ3) is 9.84. The van der Waals surface area contributed by atoms with Gasteiger partial charge in [-0.2, -0.15) is 0 Å². The van der Waals surface area contributed by atoms with Crippen LogP contribution in [0.5, 0.6) is 0 Å². The average Bonchev–Trinajstić information content (AvgIpc) is 2.40. The van der Waals surface area contributed by atoms with Gasteiger partial charge in [-0.25, -0.2) is 0 Å². The van der Waals surface area contributed by atoms with E-state index in [1.807, 2.05) is 6.92 Å². The summed E-state index contributed by atoms with van der Waals surface area (Å²) in [6, 6.07) is 0. The lowest BCUT2D eigenvalue weighted by molar-refractivity contribution is 0.0258. The van der Waals surface area contributed by atoms with Crippen molar-refractivity contribution < 1.29 is 4.74 Å². The van der Waals surface area contributed by atoms with Gasteiger partial charge in [-0.05, 0) is 47.2 Å². The molecule has 1 unspecified atom stereocenters. The normalized spacial score (nSPS) is 14.0. The van der Waals surface area contributed by atoms with Crippen molar-refractivity contribution in [2.24, 2.45) is 10.9 Å². The topological polar surface area (TPSA) is 48.9 Å². The van der Waals surface area contributed by atoms with Crippen LogP contribution in [0.1, 0.15) is 41.0 Å². The molecule has 0 spiro atoms. The van der Waals surface area contributed by atoms with E-state index in [0.29, 0.717) is 12.0 Å². The van der Waals surface area contributed by atoms with Gasteiger partial charge in [0.25, 0.3) is 0 Å². The molecule has 0 aromatic heterocycles. The Hall–Kier alpha value is -0.0800. The Bertz CT molecular complexity index is 307. The van der Waals surface area contributed by atoms with Crippen molar-refractivity contribution in [2.75, 3.05) is 40.8 Å². The lowest BCUT2D eigenvalue weighted by Crippen LogP contribution is -2.51. The summed E-state index contributed by atoms with van der Waals surface area (Å²) in [5.41, 5.74) is 0.0867. The molecular weight excluding hydrogens is 391 g/mol. The molecule has 0 rings (SSSR count). The zero-order valence-electron chi connectivity index (χ0n) is 15.7. The minimum atomic E-state index is 0. The molecule has 1 atom stereocenters. The highest BCUT2D eigenvalue weighted by atomic mass is 127. The second-order valence-electron chi connectivity index (χ2n) is 6.59. The van der Waals surface area contributed by atoms with Crippen molar-refractivity contribution in [3.63, 3.8) is 0 Å². The highest BCUT2D eigenvalue weighted by molar-refractivity contribution is 14.0. The number of aliphatic imine (C=N–C) groups is 1. The Morgan fingerprint density at radius 1 is 1.23 bits per heavy atom. The minimum absolute atomic E-state index is 0. The number of ether oxygens (including phenoxy) is 1. The summed E-state index contributed by atoms with van der Waals surface area (Å²) < 4.78 is 5.76. The van der Waals surface area contributed by atoms with Crippen molar-refractivity contribution in [3.8, 4) is 0 Å². The molecule has 0 saturated carbocycles. The van der Waals surface area contributed by atoms with Gasteiger partial charge in [-0.1, -0.05) is 13.8 Å². The Morgan fingerprint density at radius 2 is 1.82 bits per heavy atom. The quantitative estimate of drug-likeness (QED) is 0.337. The van der Waals surface area contributed by atoms with Gasteiger partial charge in [0, 0.05) is 32.3 Å². The first kappa shape index (κ1) is 24.2. The fraction of sp³-hybridized carbons (Fsp3) is 0.938. The summed E-state index contributed by atoms with van der Waals surface area (Å²) >= 11 is 0. The number of nitrogens with one attached hydrogen (secondary N) is 2. The summed E-state index contributed by atoms with van der Waals surface area (Å²) in [5, 5.41) is 6.75. The summed E-state index contributed by atoms with van der Waals surface area (Å²) in [4.78, 5) is 6.48. The van der Waals surface area contributed by atoms with Gasteiger partial charge < -0.3 is 20.3 Å². The first-order valence-corrected chi connectivity index (χ1v) is 7.98. The molecule has 22 heavy (non-hydrogen) atoms. The Kier molecular flexibility index (Phi) is 13.6. The number of nitrogens with zero attached hydrogens (tertiary/aromatic N) is 2. The number of likely N-dealkylation sites (N-methyl/N-ethyl adjacent to an activating group) is 1. The first-order valence-electron chi connectivity index (χ1n) is 7.98. The van der Waals surface area contributed by atoms with E-state index in [4.69, 9.17) is 4.74 Å². The van der Waals surface area contributed by atoms with E-state index >= 15 is 0 Å². The second kappa shape index (κ2) is 12.4. The molecule has 0 aromatic carbocycles. The molecule has 0 amide bonds. The number of halogens is 1. The average molecular weight is 428 g/mol. The molecule has 0 aromatic rings. The number of rotatable bonds is 9. The molecule has 0 aliphatic rings. The molecule has 0 radical (unpaired) electrons. The van der Waals surface area contributed by atoms with Crippen LogP contribution in [-0.2, 0) is 4.74 Å². The summed E-state index contributed by atoms with van der Waals surface area (Å²) in [5.74, 6) is 1.39. The fourth-order valence-corrected chi connectivity index (χ4v) is 1.83. The first-order chi connectivity index (χ1) is 9.74. The van der Waals surface area contributed by atoms with Gasteiger partial charge >= 0.3 is 0 Å². The molecule has 0 fully saturated rings. The molecule has 6 heteroatoms. The van der Waals surface area contributed by atoms with E-state index in [1.165, 1.54) is 0 Å². The molecule has 0 aliphatic heterocycles. The molecule has 0 heterocycles. The van der Waals surface area contributed by atoms with Crippen LogP contribution in [-0.4, -0.2) is 63.3 Å². The third-order valence-corrected chi connectivity index (χ3v) is 3.97. The number of guanidine groups is 1. The SMILES string of the molecule is CCOC(CCNC(=NC)NCC(C)(C)N(C)C)C(C)C.I. The van der Waals surface area contributed by atoms with E-state index in [2.05, 4.69) is 62.3 Å². The molecular formula is C16H37IN4O. The van der Waals surface area contributed by atoms with Crippen molar-refractivity contribution >= 4 is 29.9 Å². The Morgan fingerprint density at radius 3 is 2.23 bits per heavy atom. The summed E-state index contributed by atoms with van der Waals surface area (Å²) in [6.45, 7) is 13.3. The largest absolute Gasteiger partial charge is 0.378 e. The van der Waals surface area contributed by atoms with Crippen LogP contribution in [0.25, 0.3) is 0 Å². The maximum atomic E-state index is 5.76. The molecule has 0 bridgehead atoms. The number of hydrogen-bond acceptors (Lipinski definition) is 3. The monoisotopic (exact) mass is 428 g/mol. The predicted octanol–water partition coefficient (Wildman–Crippen LogP) is 2.56. The Labute approximate surface area is 154 Å². The second-order valence-corrected chi connectivity index (χ2v) is 6.59. The third-order valence-electron chi connectivity index (χ3n) is 3.97. The van der Waals surface area contributed by atoms with E-state index in [0.717, 1.165) is 32.1 Å². The predicted molar refractivity (Wildman–Crippen MR) is 107 cm³/mol. The van der Waals surface area contributed by atoms with Gasteiger partial charge in [0.15, 0.2) is 5.96 Å². The van der Waals surface area contributed by atoms with Crippen LogP contribution in [0.2, 0.25) is 0 Å². The summed E-state index contributed by atoms with van der Waals surface area (Å²) in [6.07, 6.45) is 1.29.